The number of hydrogen-bond donors (Lipinski definition) is 0. The summed E-state index contributed by atoms with van der Waals surface area (Å²) in [7, 11) is 1.91. The van der Waals surface area contributed by atoms with Crippen molar-refractivity contribution >= 4 is 22.9 Å². The third kappa shape index (κ3) is 2.67. The molecule has 0 aromatic carbocycles. The minimum atomic E-state index is 0.712. The maximum atomic E-state index is 6.47. The fraction of sp³-hybridized carbons (Fsp3) is 0.500. The topological polar surface area (TPSA) is 43.2 Å². The van der Waals surface area contributed by atoms with Gasteiger partial charge in [0, 0.05) is 38.3 Å². The maximum absolute atomic E-state index is 6.47. The number of hydrogen-bond acceptors (Lipinski definition) is 5. The Bertz CT molecular complexity index is 548. The third-order valence-electron chi connectivity index (χ3n) is 3.17. The second kappa shape index (κ2) is 5.58. The minimum absolute atomic E-state index is 0.712. The lowest BCUT2D eigenvalue weighted by atomic mass is 10.3. The smallest absolute Gasteiger partial charge is 0.142 e. The summed E-state index contributed by atoms with van der Waals surface area (Å²) in [4.78, 5) is 6.62. The van der Waals surface area contributed by atoms with E-state index in [0.29, 0.717) is 5.02 Å². The predicted octanol–water partition coefficient (Wildman–Crippen LogP) is 2.03. The van der Waals surface area contributed by atoms with Gasteiger partial charge in [-0.2, -0.15) is 5.10 Å². The van der Waals surface area contributed by atoms with Crippen LogP contribution in [0.2, 0.25) is 5.02 Å². The van der Waals surface area contributed by atoms with E-state index in [-0.39, 0.29) is 0 Å². The van der Waals surface area contributed by atoms with E-state index >= 15 is 0 Å². The Hall–Kier alpha value is -0.950. The summed E-state index contributed by atoms with van der Waals surface area (Å²) >= 11 is 8.04. The zero-order valence-corrected chi connectivity index (χ0v) is 12.2. The molecule has 2 aromatic rings. The van der Waals surface area contributed by atoms with Gasteiger partial charge in [0.2, 0.25) is 0 Å². The summed E-state index contributed by atoms with van der Waals surface area (Å²) in [6.45, 7) is 4.19. The fourth-order valence-corrected chi connectivity index (χ4v) is 3.28. The molecule has 0 atom stereocenters. The van der Waals surface area contributed by atoms with Crippen molar-refractivity contribution in [3.63, 3.8) is 0 Å². The Kier molecular flexibility index (Phi) is 3.83. The highest BCUT2D eigenvalue weighted by molar-refractivity contribution is 7.13. The van der Waals surface area contributed by atoms with Crippen LogP contribution < -0.4 is 0 Å². The standard InChI is InChI=1S/C12H15ClN4OS/c1-16-11(12-14-2-7-19-12)10(13)9(15-16)8-17-3-5-18-6-4-17/h2,7H,3-6,8H2,1H3. The van der Waals surface area contributed by atoms with Crippen molar-refractivity contribution in [3.05, 3.63) is 22.3 Å². The average Bonchev–Trinajstić information content (AvgIpc) is 3.01. The van der Waals surface area contributed by atoms with Crippen molar-refractivity contribution in [1.29, 1.82) is 0 Å². The zero-order chi connectivity index (χ0) is 13.2. The molecule has 1 aliphatic heterocycles. The van der Waals surface area contributed by atoms with E-state index < -0.39 is 0 Å². The van der Waals surface area contributed by atoms with E-state index in [1.165, 1.54) is 0 Å². The van der Waals surface area contributed by atoms with Crippen molar-refractivity contribution in [2.75, 3.05) is 26.3 Å². The molecule has 0 radical (unpaired) electrons. The Balaban J connectivity index is 1.85. The van der Waals surface area contributed by atoms with Crippen LogP contribution >= 0.6 is 22.9 Å². The van der Waals surface area contributed by atoms with Gasteiger partial charge < -0.3 is 4.74 Å². The van der Waals surface area contributed by atoms with Crippen LogP contribution in [0.15, 0.2) is 11.6 Å². The van der Waals surface area contributed by atoms with E-state index in [1.54, 1.807) is 17.5 Å². The Labute approximate surface area is 120 Å². The summed E-state index contributed by atoms with van der Waals surface area (Å²) in [6, 6.07) is 0. The molecule has 0 amide bonds. The molecule has 3 heterocycles. The molecule has 0 bridgehead atoms. The highest BCUT2D eigenvalue weighted by Crippen LogP contribution is 2.32. The van der Waals surface area contributed by atoms with E-state index in [0.717, 1.165) is 49.2 Å². The number of morpholine rings is 1. The molecular formula is C12H15ClN4OS. The van der Waals surface area contributed by atoms with Gasteiger partial charge in [-0.25, -0.2) is 4.98 Å². The fourth-order valence-electron chi connectivity index (χ4n) is 2.20. The molecule has 3 rings (SSSR count). The molecule has 0 aliphatic carbocycles. The van der Waals surface area contributed by atoms with Crippen LogP contribution in [0.1, 0.15) is 5.69 Å². The van der Waals surface area contributed by atoms with Crippen molar-refractivity contribution in [1.82, 2.24) is 19.7 Å². The highest BCUT2D eigenvalue weighted by Gasteiger charge is 2.20. The minimum Gasteiger partial charge on any atom is -0.379 e. The number of ether oxygens (including phenoxy) is 1. The number of thiazole rings is 1. The zero-order valence-electron chi connectivity index (χ0n) is 10.7. The number of halogens is 1. The summed E-state index contributed by atoms with van der Waals surface area (Å²) in [5.41, 5.74) is 1.82. The molecule has 7 heteroatoms. The molecule has 2 aromatic heterocycles. The molecule has 0 spiro atoms. The predicted molar refractivity (Wildman–Crippen MR) is 75.4 cm³/mol. The lowest BCUT2D eigenvalue weighted by Crippen LogP contribution is -2.35. The first-order valence-corrected chi connectivity index (χ1v) is 7.43. The van der Waals surface area contributed by atoms with Crippen LogP contribution in [0.4, 0.5) is 0 Å². The van der Waals surface area contributed by atoms with Gasteiger partial charge in [-0.15, -0.1) is 11.3 Å². The molecule has 0 saturated carbocycles. The van der Waals surface area contributed by atoms with Gasteiger partial charge in [-0.3, -0.25) is 9.58 Å². The molecule has 0 N–H and O–H groups in total. The molecule has 0 unspecified atom stereocenters. The number of aryl methyl sites for hydroxylation is 1. The number of nitrogens with zero attached hydrogens (tertiary/aromatic N) is 4. The summed E-state index contributed by atoms with van der Waals surface area (Å²) in [5.74, 6) is 0. The van der Waals surface area contributed by atoms with Gasteiger partial charge in [0.25, 0.3) is 0 Å². The van der Waals surface area contributed by atoms with E-state index in [1.807, 2.05) is 17.1 Å². The van der Waals surface area contributed by atoms with Gasteiger partial charge in [0.15, 0.2) is 0 Å². The summed E-state index contributed by atoms with van der Waals surface area (Å²) < 4.78 is 7.16. The van der Waals surface area contributed by atoms with Crippen molar-refractivity contribution in [2.45, 2.75) is 6.54 Å². The van der Waals surface area contributed by atoms with Crippen LogP contribution in [0.3, 0.4) is 0 Å². The van der Waals surface area contributed by atoms with Crippen LogP contribution in [-0.2, 0) is 18.3 Å². The second-order valence-electron chi connectivity index (χ2n) is 4.46. The molecule has 1 saturated heterocycles. The highest BCUT2D eigenvalue weighted by atomic mass is 35.5. The van der Waals surface area contributed by atoms with Gasteiger partial charge >= 0.3 is 0 Å². The van der Waals surface area contributed by atoms with Crippen LogP contribution in [0, 0.1) is 0 Å². The number of aromatic nitrogens is 3. The molecule has 102 valence electrons. The van der Waals surface area contributed by atoms with E-state index in [2.05, 4.69) is 15.0 Å². The number of rotatable bonds is 3. The third-order valence-corrected chi connectivity index (χ3v) is 4.34. The Morgan fingerprint density at radius 3 is 2.89 bits per heavy atom. The van der Waals surface area contributed by atoms with Gasteiger partial charge in [0.05, 0.1) is 23.9 Å². The van der Waals surface area contributed by atoms with Crippen molar-refractivity contribution < 1.29 is 4.74 Å². The largest absolute Gasteiger partial charge is 0.379 e. The molecule has 1 fully saturated rings. The van der Waals surface area contributed by atoms with Crippen molar-refractivity contribution in [3.8, 4) is 10.7 Å². The van der Waals surface area contributed by atoms with E-state index in [4.69, 9.17) is 16.3 Å². The molecule has 5 nitrogen and oxygen atoms in total. The first-order chi connectivity index (χ1) is 9.25. The van der Waals surface area contributed by atoms with E-state index in [9.17, 15) is 0 Å². The van der Waals surface area contributed by atoms with Crippen LogP contribution in [0.25, 0.3) is 10.7 Å². The van der Waals surface area contributed by atoms with Crippen LogP contribution in [-0.4, -0.2) is 46.0 Å². The lowest BCUT2D eigenvalue weighted by Gasteiger charge is -2.25. The van der Waals surface area contributed by atoms with Gasteiger partial charge in [-0.1, -0.05) is 11.6 Å². The first-order valence-electron chi connectivity index (χ1n) is 6.17. The quantitative estimate of drug-likeness (QED) is 0.870. The average molecular weight is 299 g/mol. The van der Waals surface area contributed by atoms with Gasteiger partial charge in [0.1, 0.15) is 10.7 Å². The summed E-state index contributed by atoms with van der Waals surface area (Å²) in [6.07, 6.45) is 1.78. The summed E-state index contributed by atoms with van der Waals surface area (Å²) in [5, 5.41) is 8.10. The van der Waals surface area contributed by atoms with Crippen LogP contribution in [0.5, 0.6) is 0 Å². The normalized spacial score (nSPS) is 16.9. The second-order valence-corrected chi connectivity index (χ2v) is 5.73. The first kappa shape index (κ1) is 13.1. The lowest BCUT2D eigenvalue weighted by molar-refractivity contribution is 0.0336. The van der Waals surface area contributed by atoms with Gasteiger partial charge in [-0.05, 0) is 0 Å². The monoisotopic (exact) mass is 298 g/mol. The maximum Gasteiger partial charge on any atom is 0.142 e. The molecule has 19 heavy (non-hydrogen) atoms. The Morgan fingerprint density at radius 2 is 2.21 bits per heavy atom. The SMILES string of the molecule is Cn1nc(CN2CCOCC2)c(Cl)c1-c1nccs1. The van der Waals surface area contributed by atoms with Crippen molar-refractivity contribution in [2.24, 2.45) is 7.05 Å². The Morgan fingerprint density at radius 1 is 1.42 bits per heavy atom. The molecular weight excluding hydrogens is 284 g/mol. The molecule has 1 aliphatic rings.